The summed E-state index contributed by atoms with van der Waals surface area (Å²) in [5, 5.41) is 2.77. The van der Waals surface area contributed by atoms with Crippen LogP contribution in [0.15, 0.2) is 30.3 Å². The summed E-state index contributed by atoms with van der Waals surface area (Å²) in [6.45, 7) is 5.41. The van der Waals surface area contributed by atoms with Crippen LogP contribution >= 0.6 is 0 Å². The zero-order valence-electron chi connectivity index (χ0n) is 26.3. The van der Waals surface area contributed by atoms with Gasteiger partial charge >= 0.3 is 23.9 Å². The van der Waals surface area contributed by atoms with Crippen LogP contribution in [0.2, 0.25) is 0 Å². The maximum atomic E-state index is 12.4. The van der Waals surface area contributed by atoms with Crippen molar-refractivity contribution in [3.63, 3.8) is 0 Å². The predicted molar refractivity (Wildman–Crippen MR) is 150 cm³/mol. The van der Waals surface area contributed by atoms with Crippen molar-refractivity contribution in [1.29, 1.82) is 0 Å². The van der Waals surface area contributed by atoms with E-state index in [2.05, 4.69) is 5.32 Å². The predicted octanol–water partition coefficient (Wildman–Crippen LogP) is 0.445. The van der Waals surface area contributed by atoms with E-state index in [1.165, 1.54) is 21.0 Å². The van der Waals surface area contributed by atoms with Crippen molar-refractivity contribution in [1.82, 2.24) is 5.32 Å². The van der Waals surface area contributed by atoms with Gasteiger partial charge in [-0.15, -0.1) is 0 Å². The zero-order chi connectivity index (χ0) is 33.5. The molecule has 0 aromatic heterocycles. The fourth-order valence-electron chi connectivity index (χ4n) is 5.56. The van der Waals surface area contributed by atoms with Crippen LogP contribution in [0.5, 0.6) is 0 Å². The van der Waals surface area contributed by atoms with Crippen LogP contribution in [0, 0.1) is 0 Å². The lowest BCUT2D eigenvalue weighted by atomic mass is 9.94. The molecule has 0 aliphatic carbocycles. The first-order valence-electron chi connectivity index (χ1n) is 14.6. The monoisotopic (exact) mass is 653 g/mol. The molecule has 16 nitrogen and oxygen atoms in total. The molecule has 0 saturated carbocycles. The summed E-state index contributed by atoms with van der Waals surface area (Å²) in [7, 11) is 1.38. The number of benzene rings is 1. The first-order chi connectivity index (χ1) is 21.9. The minimum atomic E-state index is -1.56. The number of amides is 1. The molecular weight excluding hydrogens is 614 g/mol. The van der Waals surface area contributed by atoms with E-state index in [1.807, 2.05) is 30.3 Å². The summed E-state index contributed by atoms with van der Waals surface area (Å²) in [6, 6.07) is 8.09. The molecular formula is C30H39NO15. The minimum Gasteiger partial charge on any atom is -0.463 e. The highest BCUT2D eigenvalue weighted by Gasteiger charge is 2.57. The van der Waals surface area contributed by atoms with E-state index < -0.39 is 104 Å². The lowest BCUT2D eigenvalue weighted by molar-refractivity contribution is -0.376. The quantitative estimate of drug-likeness (QED) is 0.270. The number of hydrogen-bond donors (Lipinski definition) is 1. The van der Waals surface area contributed by atoms with E-state index >= 15 is 0 Å². The van der Waals surface area contributed by atoms with Crippen molar-refractivity contribution >= 4 is 29.8 Å². The van der Waals surface area contributed by atoms with Gasteiger partial charge in [0.15, 0.2) is 37.2 Å². The van der Waals surface area contributed by atoms with Crippen LogP contribution in [0.25, 0.3) is 0 Å². The minimum absolute atomic E-state index is 0.0509. The molecule has 3 fully saturated rings. The molecule has 16 heteroatoms. The van der Waals surface area contributed by atoms with E-state index in [4.69, 9.17) is 47.4 Å². The third kappa shape index (κ3) is 8.77. The maximum absolute atomic E-state index is 12.4. The Morgan fingerprint density at radius 3 is 1.98 bits per heavy atom. The first-order valence-corrected chi connectivity index (χ1v) is 14.6. The summed E-state index contributed by atoms with van der Waals surface area (Å²) in [6.07, 6.45) is -11.9. The topological polar surface area (TPSA) is 190 Å². The molecule has 1 amide bonds. The average molecular weight is 654 g/mol. The van der Waals surface area contributed by atoms with Gasteiger partial charge in [-0.25, -0.2) is 0 Å². The first kappa shape index (κ1) is 35.2. The van der Waals surface area contributed by atoms with Gasteiger partial charge in [0.1, 0.15) is 37.1 Å². The molecule has 46 heavy (non-hydrogen) atoms. The van der Waals surface area contributed by atoms with Gasteiger partial charge < -0.3 is 52.7 Å². The van der Waals surface area contributed by atoms with Gasteiger partial charge in [0.05, 0.1) is 6.61 Å². The van der Waals surface area contributed by atoms with Gasteiger partial charge in [-0.3, -0.25) is 24.0 Å². The zero-order valence-corrected chi connectivity index (χ0v) is 26.3. The summed E-state index contributed by atoms with van der Waals surface area (Å²) in [5.74, 6) is -3.49. The van der Waals surface area contributed by atoms with Crippen LogP contribution in [0.3, 0.4) is 0 Å². The molecule has 254 valence electrons. The largest absolute Gasteiger partial charge is 0.463 e. The molecule has 0 unspecified atom stereocenters. The molecule has 1 aromatic rings. The van der Waals surface area contributed by atoms with Crippen molar-refractivity contribution in [3.8, 4) is 0 Å². The molecule has 1 aromatic carbocycles. The number of carbonyl (C=O) groups is 5. The molecule has 3 saturated heterocycles. The fraction of sp³-hybridized carbons (Fsp3) is 0.633. The Hall–Kier alpha value is -3.67. The van der Waals surface area contributed by atoms with Crippen LogP contribution in [0.1, 0.15) is 46.5 Å². The standard InChI is InChI=1S/C30H39NO15/c1-14(32)31-22-25(23-21(43-29(22)37-6)13-39-28(45-23)19-10-8-7-9-11-19)46-30-27(42-18(5)36)26(41-17(4)35)24(40-16(3)34)20(44-30)12-38-15(2)33/h7-11,20-30H,12-13H2,1-6H3,(H,31,32)/t20-,21-,22-,23-,24+,25-,26+,27-,28+,29-,30+/m1/s1. The number of esters is 4. The summed E-state index contributed by atoms with van der Waals surface area (Å²) in [4.78, 5) is 60.9. The van der Waals surface area contributed by atoms with Crippen LogP contribution in [0.4, 0.5) is 0 Å². The highest BCUT2D eigenvalue weighted by molar-refractivity contribution is 5.73. The number of methoxy groups -OCH3 is 1. The van der Waals surface area contributed by atoms with Gasteiger partial charge in [-0.2, -0.15) is 0 Å². The van der Waals surface area contributed by atoms with E-state index in [0.717, 1.165) is 20.8 Å². The summed E-state index contributed by atoms with van der Waals surface area (Å²) < 4.78 is 58.3. The van der Waals surface area contributed by atoms with Gasteiger partial charge in [-0.05, 0) is 0 Å². The lowest BCUT2D eigenvalue weighted by Crippen LogP contribution is -2.70. The van der Waals surface area contributed by atoms with Crippen molar-refractivity contribution in [3.05, 3.63) is 35.9 Å². The maximum Gasteiger partial charge on any atom is 0.303 e. The summed E-state index contributed by atoms with van der Waals surface area (Å²) in [5.41, 5.74) is 0.705. The van der Waals surface area contributed by atoms with Gasteiger partial charge in [0, 0.05) is 47.3 Å². The van der Waals surface area contributed by atoms with E-state index in [-0.39, 0.29) is 6.61 Å². The Morgan fingerprint density at radius 1 is 0.761 bits per heavy atom. The van der Waals surface area contributed by atoms with Gasteiger partial charge in [-0.1, -0.05) is 30.3 Å². The number of carbonyl (C=O) groups excluding carboxylic acids is 5. The smallest absolute Gasteiger partial charge is 0.303 e. The van der Waals surface area contributed by atoms with Gasteiger partial charge in [0.2, 0.25) is 5.91 Å². The Morgan fingerprint density at radius 2 is 1.39 bits per heavy atom. The van der Waals surface area contributed by atoms with Crippen LogP contribution in [-0.2, 0) is 71.3 Å². The Labute approximate surface area is 265 Å². The second-order valence-corrected chi connectivity index (χ2v) is 10.8. The number of nitrogens with one attached hydrogen (secondary N) is 1. The van der Waals surface area contributed by atoms with Crippen molar-refractivity contribution in [2.24, 2.45) is 0 Å². The molecule has 11 atom stereocenters. The highest BCUT2D eigenvalue weighted by atomic mass is 16.8. The van der Waals surface area contributed by atoms with E-state index in [1.54, 1.807) is 0 Å². The Bertz CT molecular complexity index is 1240. The Kier molecular flexibility index (Phi) is 12.0. The third-order valence-electron chi connectivity index (χ3n) is 7.25. The number of ether oxygens (including phenoxy) is 10. The molecule has 3 aliphatic rings. The van der Waals surface area contributed by atoms with Crippen molar-refractivity contribution in [2.75, 3.05) is 20.3 Å². The fourth-order valence-corrected chi connectivity index (χ4v) is 5.56. The molecule has 1 N–H and O–H groups in total. The molecule has 0 radical (unpaired) electrons. The van der Waals surface area contributed by atoms with E-state index in [0.29, 0.717) is 5.56 Å². The number of hydrogen-bond acceptors (Lipinski definition) is 15. The number of fused-ring (bicyclic) bond motifs is 1. The molecule has 0 spiro atoms. The summed E-state index contributed by atoms with van der Waals surface area (Å²) >= 11 is 0. The second-order valence-electron chi connectivity index (χ2n) is 10.8. The average Bonchev–Trinajstić information content (AvgIpc) is 2.99. The molecule has 0 bridgehead atoms. The number of rotatable bonds is 10. The van der Waals surface area contributed by atoms with Crippen LogP contribution in [-0.4, -0.2) is 111 Å². The van der Waals surface area contributed by atoms with Gasteiger partial charge in [0.25, 0.3) is 0 Å². The van der Waals surface area contributed by atoms with Crippen molar-refractivity contribution < 1.29 is 71.3 Å². The molecule has 4 rings (SSSR count). The normalized spacial score (nSPS) is 33.9. The van der Waals surface area contributed by atoms with E-state index in [9.17, 15) is 24.0 Å². The second kappa shape index (κ2) is 15.8. The highest BCUT2D eigenvalue weighted by Crippen LogP contribution is 2.38. The third-order valence-corrected chi connectivity index (χ3v) is 7.25. The Balaban J connectivity index is 1.76. The van der Waals surface area contributed by atoms with Crippen LogP contribution < -0.4 is 5.32 Å². The molecule has 3 aliphatic heterocycles. The SMILES string of the molecule is CO[C@@H]1O[C@@H]2CO[C@H](c3ccccc3)O[C@H]2[C@H](O[C@@H]2O[C@H](COC(C)=O)[C@H](OC(C)=O)[C@H](OC(C)=O)[C@H]2OC(C)=O)[C@H]1NC(C)=O. The lowest BCUT2D eigenvalue weighted by Gasteiger charge is -2.51. The molecule has 3 heterocycles. The van der Waals surface area contributed by atoms with Crippen molar-refractivity contribution in [2.45, 2.75) is 102 Å².